The number of furan rings is 1. The molecule has 0 saturated carbocycles. The highest BCUT2D eigenvalue weighted by molar-refractivity contribution is 6.14. The van der Waals surface area contributed by atoms with E-state index in [2.05, 4.69) is 0 Å². The third kappa shape index (κ3) is 5.05. The molecule has 0 aliphatic carbocycles. The lowest BCUT2D eigenvalue weighted by Gasteiger charge is -2.13. The summed E-state index contributed by atoms with van der Waals surface area (Å²) in [5, 5.41) is 9.40. The first-order chi connectivity index (χ1) is 15.9. The number of carbonyl (C=O) groups excluding carboxylic acids is 2. The molecule has 8 nitrogen and oxygen atoms in total. The fraction of sp³-hybridized carbons (Fsp3) is 0.160. The second-order valence-electron chi connectivity index (χ2n) is 6.76. The number of hydrogen-bond acceptors (Lipinski definition) is 8. The Morgan fingerprint density at radius 2 is 1.61 bits per heavy atom. The minimum Gasteiger partial charge on any atom is -0.493 e. The molecule has 168 valence electrons. The van der Waals surface area contributed by atoms with Crippen molar-refractivity contribution in [1.29, 1.82) is 5.26 Å². The number of ether oxygens (including phenoxy) is 4. The maximum absolute atomic E-state index is 12.6. The smallest absolute Gasteiger partial charge is 0.343 e. The minimum atomic E-state index is -0.624. The van der Waals surface area contributed by atoms with Crippen LogP contribution in [0.25, 0.3) is 6.08 Å². The van der Waals surface area contributed by atoms with Crippen molar-refractivity contribution in [1.82, 2.24) is 0 Å². The molecule has 2 aromatic carbocycles. The topological polar surface area (TPSA) is 108 Å². The molecule has 3 rings (SSSR count). The number of carbonyl (C=O) groups is 2. The van der Waals surface area contributed by atoms with Gasteiger partial charge in [-0.15, -0.1) is 0 Å². The highest BCUT2D eigenvalue weighted by Crippen LogP contribution is 2.38. The number of Topliss-reactive ketones (excluding diaryl/α,β-unsaturated/α-hetero) is 1. The van der Waals surface area contributed by atoms with Gasteiger partial charge in [-0.25, -0.2) is 4.79 Å². The first-order valence-corrected chi connectivity index (χ1v) is 9.74. The summed E-state index contributed by atoms with van der Waals surface area (Å²) in [6, 6.07) is 12.8. The zero-order valence-electron chi connectivity index (χ0n) is 18.5. The van der Waals surface area contributed by atoms with Crippen LogP contribution in [0.15, 0.2) is 58.7 Å². The summed E-state index contributed by atoms with van der Waals surface area (Å²) in [5.41, 5.74) is 1.09. The van der Waals surface area contributed by atoms with Gasteiger partial charge in [0, 0.05) is 0 Å². The van der Waals surface area contributed by atoms with E-state index in [-0.39, 0.29) is 16.9 Å². The summed E-state index contributed by atoms with van der Waals surface area (Å²) in [7, 11) is 4.37. The van der Waals surface area contributed by atoms with Crippen LogP contribution in [0.3, 0.4) is 0 Å². The normalized spacial score (nSPS) is 10.8. The second kappa shape index (κ2) is 10.2. The van der Waals surface area contributed by atoms with Gasteiger partial charge < -0.3 is 23.4 Å². The van der Waals surface area contributed by atoms with Crippen LogP contribution in [-0.2, 0) is 0 Å². The van der Waals surface area contributed by atoms with E-state index in [1.54, 1.807) is 31.2 Å². The van der Waals surface area contributed by atoms with Gasteiger partial charge in [0.05, 0.1) is 38.7 Å². The van der Waals surface area contributed by atoms with Crippen LogP contribution in [-0.4, -0.2) is 33.1 Å². The van der Waals surface area contributed by atoms with Gasteiger partial charge in [0.25, 0.3) is 0 Å². The van der Waals surface area contributed by atoms with E-state index in [1.165, 1.54) is 51.9 Å². The van der Waals surface area contributed by atoms with Crippen molar-refractivity contribution in [3.05, 3.63) is 76.8 Å². The van der Waals surface area contributed by atoms with E-state index in [1.807, 2.05) is 6.07 Å². The van der Waals surface area contributed by atoms with Crippen LogP contribution < -0.4 is 18.9 Å². The summed E-state index contributed by atoms with van der Waals surface area (Å²) >= 11 is 0. The first-order valence-electron chi connectivity index (χ1n) is 9.74. The second-order valence-corrected chi connectivity index (χ2v) is 6.76. The maximum atomic E-state index is 12.6. The molecule has 0 fully saturated rings. The number of esters is 1. The molecule has 33 heavy (non-hydrogen) atoms. The monoisotopic (exact) mass is 447 g/mol. The van der Waals surface area contributed by atoms with Crippen molar-refractivity contribution in [3.63, 3.8) is 0 Å². The largest absolute Gasteiger partial charge is 0.493 e. The molecule has 0 bridgehead atoms. The van der Waals surface area contributed by atoms with Crippen molar-refractivity contribution in [2.75, 3.05) is 21.3 Å². The number of rotatable bonds is 8. The Hall–Kier alpha value is -4.51. The maximum Gasteiger partial charge on any atom is 0.343 e. The van der Waals surface area contributed by atoms with Crippen molar-refractivity contribution in [3.8, 4) is 29.1 Å². The fourth-order valence-corrected chi connectivity index (χ4v) is 3.08. The van der Waals surface area contributed by atoms with Crippen molar-refractivity contribution < 1.29 is 33.0 Å². The van der Waals surface area contributed by atoms with Crippen molar-refractivity contribution in [2.24, 2.45) is 0 Å². The molecule has 0 aliphatic heterocycles. The predicted molar refractivity (Wildman–Crippen MR) is 119 cm³/mol. The third-order valence-electron chi connectivity index (χ3n) is 4.77. The van der Waals surface area contributed by atoms with Crippen LogP contribution in [0, 0.1) is 18.3 Å². The number of allylic oxidation sites excluding steroid dienone is 1. The third-order valence-corrected chi connectivity index (χ3v) is 4.77. The van der Waals surface area contributed by atoms with Crippen LogP contribution in [0.1, 0.15) is 32.0 Å². The molecule has 0 aliphatic rings. The zero-order valence-corrected chi connectivity index (χ0v) is 18.5. The Morgan fingerprint density at radius 3 is 2.09 bits per heavy atom. The van der Waals surface area contributed by atoms with E-state index < -0.39 is 11.8 Å². The average Bonchev–Trinajstić information content (AvgIpc) is 3.27. The Morgan fingerprint density at radius 1 is 0.970 bits per heavy atom. The molecule has 3 aromatic rings. The minimum absolute atomic E-state index is 0.0401. The fourth-order valence-electron chi connectivity index (χ4n) is 3.08. The Bertz CT molecular complexity index is 1220. The molecule has 8 heteroatoms. The molecular formula is C25H21NO7. The Kier molecular flexibility index (Phi) is 7.16. The molecule has 0 unspecified atom stereocenters. The Balaban J connectivity index is 1.79. The number of nitriles is 1. The number of nitrogens with zero attached hydrogens (tertiary/aromatic N) is 1. The quantitative estimate of drug-likeness (QED) is 0.162. The van der Waals surface area contributed by atoms with Crippen molar-refractivity contribution >= 4 is 17.8 Å². The van der Waals surface area contributed by atoms with E-state index in [0.29, 0.717) is 34.1 Å². The van der Waals surface area contributed by atoms with Gasteiger partial charge in [0.1, 0.15) is 23.2 Å². The van der Waals surface area contributed by atoms with Crippen LogP contribution in [0.5, 0.6) is 23.0 Å². The summed E-state index contributed by atoms with van der Waals surface area (Å²) in [6.07, 6.45) is 2.86. The number of hydrogen-bond donors (Lipinski definition) is 0. The highest BCUT2D eigenvalue weighted by atomic mass is 16.5. The molecule has 0 atom stereocenters. The Labute approximate surface area is 190 Å². The molecule has 0 saturated heterocycles. The molecule has 0 radical (unpaired) electrons. The van der Waals surface area contributed by atoms with Gasteiger partial charge in [-0.05, 0) is 48.9 Å². The van der Waals surface area contributed by atoms with Gasteiger partial charge in [0.2, 0.25) is 11.5 Å². The standard InChI is InChI=1S/C25H21NO7/c1-15-20(9-10-32-15)23(27)18(14-26)11-16-5-7-19(8-6-16)33-25(28)17-12-21(29-2)24(31-4)22(13-17)30-3/h5-13H,1-4H3. The molecule has 1 heterocycles. The van der Waals surface area contributed by atoms with E-state index in [9.17, 15) is 14.9 Å². The lowest BCUT2D eigenvalue weighted by atomic mass is 10.0. The van der Waals surface area contributed by atoms with E-state index in [4.69, 9.17) is 23.4 Å². The first kappa shape index (κ1) is 23.2. The van der Waals surface area contributed by atoms with Crippen molar-refractivity contribution in [2.45, 2.75) is 6.92 Å². The molecule has 0 N–H and O–H groups in total. The number of aryl methyl sites for hydroxylation is 1. The highest BCUT2D eigenvalue weighted by Gasteiger charge is 2.19. The van der Waals surface area contributed by atoms with Gasteiger partial charge in [-0.2, -0.15) is 5.26 Å². The summed E-state index contributed by atoms with van der Waals surface area (Å²) in [5.74, 6) is 0.678. The van der Waals surface area contributed by atoms with Gasteiger partial charge in [-0.1, -0.05) is 12.1 Å². The van der Waals surface area contributed by atoms with Gasteiger partial charge in [-0.3, -0.25) is 4.79 Å². The molecule has 1 aromatic heterocycles. The van der Waals surface area contributed by atoms with E-state index in [0.717, 1.165) is 0 Å². The summed E-state index contributed by atoms with van der Waals surface area (Å²) in [4.78, 5) is 25.2. The van der Waals surface area contributed by atoms with Gasteiger partial charge >= 0.3 is 5.97 Å². The average molecular weight is 447 g/mol. The van der Waals surface area contributed by atoms with Crippen LogP contribution >= 0.6 is 0 Å². The molecule has 0 amide bonds. The van der Waals surface area contributed by atoms with Crippen LogP contribution in [0.2, 0.25) is 0 Å². The molecule has 0 spiro atoms. The summed E-state index contributed by atoms with van der Waals surface area (Å²) in [6.45, 7) is 1.65. The van der Waals surface area contributed by atoms with Gasteiger partial charge in [0.15, 0.2) is 11.5 Å². The SMILES string of the molecule is COc1cc(C(=O)Oc2ccc(C=C(C#N)C(=O)c3ccoc3C)cc2)cc(OC)c1OC. The van der Waals surface area contributed by atoms with Crippen LogP contribution in [0.4, 0.5) is 0 Å². The zero-order chi connectivity index (χ0) is 24.0. The summed E-state index contributed by atoms with van der Waals surface area (Å²) < 4.78 is 26.3. The van der Waals surface area contributed by atoms with E-state index >= 15 is 0 Å². The number of methoxy groups -OCH3 is 3. The number of ketones is 1. The predicted octanol–water partition coefficient (Wildman–Crippen LogP) is 4.62. The lowest BCUT2D eigenvalue weighted by molar-refractivity contribution is 0.0733. The molecular weight excluding hydrogens is 426 g/mol. The lowest BCUT2D eigenvalue weighted by Crippen LogP contribution is -2.09. The number of benzene rings is 2.